The minimum atomic E-state index is 0.212. The number of benzene rings is 1. The van der Waals surface area contributed by atoms with Gasteiger partial charge in [-0.25, -0.2) is 0 Å². The Balaban J connectivity index is 1.73. The van der Waals surface area contributed by atoms with Gasteiger partial charge in [-0.1, -0.05) is 32.4 Å². The molecule has 2 nitrogen and oxygen atoms in total. The molecule has 2 fully saturated rings. The van der Waals surface area contributed by atoms with E-state index in [1.165, 1.54) is 18.4 Å². The van der Waals surface area contributed by atoms with Crippen molar-refractivity contribution in [3.63, 3.8) is 0 Å². The molecule has 3 rings (SSSR count). The topological polar surface area (TPSA) is 20.3 Å². The maximum Gasteiger partial charge on any atom is 0.253 e. The molecule has 2 atom stereocenters. The van der Waals surface area contributed by atoms with Gasteiger partial charge in [-0.05, 0) is 41.9 Å². The van der Waals surface area contributed by atoms with E-state index in [4.69, 9.17) is 0 Å². The first-order valence-corrected chi connectivity index (χ1v) is 7.08. The number of rotatable bonds is 3. The Hall–Kier alpha value is -1.31. The van der Waals surface area contributed by atoms with Crippen LogP contribution in [0.3, 0.4) is 0 Å². The Bertz CT molecular complexity index is 462. The van der Waals surface area contributed by atoms with E-state index in [1.807, 2.05) is 17.0 Å². The van der Waals surface area contributed by atoms with Gasteiger partial charge in [0, 0.05) is 18.7 Å². The molecular weight excluding hydrogens is 222 g/mol. The largest absolute Gasteiger partial charge is 0.338 e. The van der Waals surface area contributed by atoms with E-state index < -0.39 is 0 Å². The molecule has 0 bridgehead atoms. The van der Waals surface area contributed by atoms with Gasteiger partial charge in [-0.15, -0.1) is 0 Å². The molecule has 1 saturated carbocycles. The van der Waals surface area contributed by atoms with Crippen molar-refractivity contribution in [3.05, 3.63) is 35.4 Å². The predicted octanol–water partition coefficient (Wildman–Crippen LogP) is 3.29. The van der Waals surface area contributed by atoms with Crippen LogP contribution in [0.4, 0.5) is 0 Å². The molecule has 1 heterocycles. The van der Waals surface area contributed by atoms with Crippen LogP contribution in [-0.4, -0.2) is 23.9 Å². The van der Waals surface area contributed by atoms with E-state index in [9.17, 15) is 4.79 Å². The minimum absolute atomic E-state index is 0.212. The standard InChI is InChI=1S/C16H21NO/c1-3-12-8-15(12)13-5-4-6-14(7-13)16(18)17-9-11(2)10-17/h4-7,11-12,15H,3,8-10H2,1-2H3/t12-,15-/m0/s1. The summed E-state index contributed by atoms with van der Waals surface area (Å²) in [4.78, 5) is 14.2. The van der Waals surface area contributed by atoms with Crippen LogP contribution in [0.25, 0.3) is 0 Å². The highest BCUT2D eigenvalue weighted by molar-refractivity contribution is 5.94. The van der Waals surface area contributed by atoms with Gasteiger partial charge in [0.2, 0.25) is 0 Å². The second kappa shape index (κ2) is 4.42. The lowest BCUT2D eigenvalue weighted by atomic mass is 9.99. The average Bonchev–Trinajstić information content (AvgIpc) is 3.14. The second-order valence-electron chi connectivity index (χ2n) is 5.95. The fraction of sp³-hybridized carbons (Fsp3) is 0.562. The van der Waals surface area contributed by atoms with Gasteiger partial charge in [0.15, 0.2) is 0 Å². The normalized spacial score (nSPS) is 26.9. The number of carbonyl (C=O) groups excluding carboxylic acids is 1. The molecule has 0 aromatic heterocycles. The van der Waals surface area contributed by atoms with Crippen molar-refractivity contribution < 1.29 is 4.79 Å². The quantitative estimate of drug-likeness (QED) is 0.797. The van der Waals surface area contributed by atoms with E-state index >= 15 is 0 Å². The van der Waals surface area contributed by atoms with Crippen molar-refractivity contribution >= 4 is 5.91 Å². The summed E-state index contributed by atoms with van der Waals surface area (Å²) in [6.45, 7) is 6.28. The molecule has 1 aromatic rings. The minimum Gasteiger partial charge on any atom is -0.338 e. The Labute approximate surface area is 109 Å². The molecular formula is C16H21NO. The van der Waals surface area contributed by atoms with E-state index in [0.717, 1.165) is 24.6 Å². The fourth-order valence-electron chi connectivity index (χ4n) is 3.06. The van der Waals surface area contributed by atoms with Crippen LogP contribution >= 0.6 is 0 Å². The van der Waals surface area contributed by atoms with E-state index in [0.29, 0.717) is 11.8 Å². The predicted molar refractivity (Wildman–Crippen MR) is 72.6 cm³/mol. The molecule has 1 amide bonds. The summed E-state index contributed by atoms with van der Waals surface area (Å²) in [5.74, 6) is 2.44. The Morgan fingerprint density at radius 1 is 1.39 bits per heavy atom. The summed E-state index contributed by atoms with van der Waals surface area (Å²) in [6, 6.07) is 8.29. The van der Waals surface area contributed by atoms with Crippen molar-refractivity contribution in [1.29, 1.82) is 0 Å². The van der Waals surface area contributed by atoms with E-state index in [2.05, 4.69) is 26.0 Å². The van der Waals surface area contributed by atoms with Crippen molar-refractivity contribution in [1.82, 2.24) is 4.90 Å². The molecule has 1 aliphatic heterocycles. The van der Waals surface area contributed by atoms with Gasteiger partial charge in [0.25, 0.3) is 5.91 Å². The smallest absolute Gasteiger partial charge is 0.253 e. The Morgan fingerprint density at radius 3 is 2.78 bits per heavy atom. The van der Waals surface area contributed by atoms with E-state index in [1.54, 1.807) is 0 Å². The molecule has 2 heteroatoms. The molecule has 1 aromatic carbocycles. The first-order chi connectivity index (χ1) is 8.69. The zero-order chi connectivity index (χ0) is 12.7. The lowest BCUT2D eigenvalue weighted by Gasteiger charge is -2.37. The number of likely N-dealkylation sites (tertiary alicyclic amines) is 1. The van der Waals surface area contributed by atoms with Crippen molar-refractivity contribution in [2.75, 3.05) is 13.1 Å². The Kier molecular flexibility index (Phi) is 2.89. The Morgan fingerprint density at radius 2 is 2.17 bits per heavy atom. The van der Waals surface area contributed by atoms with Gasteiger partial charge < -0.3 is 4.90 Å². The molecule has 0 N–H and O–H groups in total. The lowest BCUT2D eigenvalue weighted by molar-refractivity contribution is 0.0530. The molecule has 18 heavy (non-hydrogen) atoms. The van der Waals surface area contributed by atoms with Crippen molar-refractivity contribution in [2.24, 2.45) is 11.8 Å². The molecule has 2 aliphatic rings. The summed E-state index contributed by atoms with van der Waals surface area (Å²) >= 11 is 0. The molecule has 1 aliphatic carbocycles. The van der Waals surface area contributed by atoms with Crippen LogP contribution in [0, 0.1) is 11.8 Å². The fourth-order valence-corrected chi connectivity index (χ4v) is 3.06. The van der Waals surface area contributed by atoms with Crippen molar-refractivity contribution in [2.45, 2.75) is 32.6 Å². The van der Waals surface area contributed by atoms with Crippen LogP contribution in [0.2, 0.25) is 0 Å². The monoisotopic (exact) mass is 243 g/mol. The van der Waals surface area contributed by atoms with Gasteiger partial charge in [0.1, 0.15) is 0 Å². The summed E-state index contributed by atoms with van der Waals surface area (Å²) < 4.78 is 0. The van der Waals surface area contributed by atoms with Crippen molar-refractivity contribution in [3.8, 4) is 0 Å². The second-order valence-corrected chi connectivity index (χ2v) is 5.95. The number of hydrogen-bond donors (Lipinski definition) is 0. The zero-order valence-electron chi connectivity index (χ0n) is 11.2. The molecule has 0 spiro atoms. The third-order valence-corrected chi connectivity index (χ3v) is 4.36. The molecule has 0 unspecified atom stereocenters. The number of carbonyl (C=O) groups is 1. The van der Waals surface area contributed by atoms with Crippen LogP contribution in [-0.2, 0) is 0 Å². The average molecular weight is 243 g/mol. The zero-order valence-corrected chi connectivity index (χ0v) is 11.2. The van der Waals surface area contributed by atoms with Crippen LogP contribution in [0.15, 0.2) is 24.3 Å². The van der Waals surface area contributed by atoms with Crippen LogP contribution in [0.1, 0.15) is 48.5 Å². The summed E-state index contributed by atoms with van der Waals surface area (Å²) in [5.41, 5.74) is 2.24. The first kappa shape index (κ1) is 11.8. The summed E-state index contributed by atoms with van der Waals surface area (Å²) in [6.07, 6.45) is 2.56. The number of hydrogen-bond acceptors (Lipinski definition) is 1. The SMILES string of the molecule is CC[C@H]1C[C@@H]1c1cccc(C(=O)N2CC(C)C2)c1. The highest BCUT2D eigenvalue weighted by Gasteiger charge is 2.37. The highest BCUT2D eigenvalue weighted by atomic mass is 16.2. The van der Waals surface area contributed by atoms with Gasteiger partial charge in [-0.3, -0.25) is 4.79 Å². The third-order valence-electron chi connectivity index (χ3n) is 4.36. The van der Waals surface area contributed by atoms with Gasteiger partial charge >= 0.3 is 0 Å². The first-order valence-electron chi connectivity index (χ1n) is 7.08. The maximum atomic E-state index is 12.2. The molecule has 1 saturated heterocycles. The van der Waals surface area contributed by atoms with Crippen LogP contribution < -0.4 is 0 Å². The number of nitrogens with zero attached hydrogens (tertiary/aromatic N) is 1. The highest BCUT2D eigenvalue weighted by Crippen LogP contribution is 2.49. The molecule has 96 valence electrons. The van der Waals surface area contributed by atoms with Gasteiger partial charge in [-0.2, -0.15) is 0 Å². The van der Waals surface area contributed by atoms with Gasteiger partial charge in [0.05, 0.1) is 0 Å². The third kappa shape index (κ3) is 2.05. The summed E-state index contributed by atoms with van der Waals surface area (Å²) in [7, 11) is 0. The summed E-state index contributed by atoms with van der Waals surface area (Å²) in [5, 5.41) is 0. The van der Waals surface area contributed by atoms with Crippen LogP contribution in [0.5, 0.6) is 0 Å². The lowest BCUT2D eigenvalue weighted by Crippen LogP contribution is -2.48. The maximum absolute atomic E-state index is 12.2. The van der Waals surface area contributed by atoms with E-state index in [-0.39, 0.29) is 5.91 Å². The number of amides is 1. The molecule has 0 radical (unpaired) electrons.